The van der Waals surface area contributed by atoms with Crippen molar-refractivity contribution in [3.05, 3.63) is 29.3 Å². The zero-order chi connectivity index (χ0) is 15.5. The van der Waals surface area contributed by atoms with Gasteiger partial charge in [0.2, 0.25) is 0 Å². The summed E-state index contributed by atoms with van der Waals surface area (Å²) in [5.74, 6) is 1.08. The standard InChI is InChI=1S/C19H27NO3/c1-2-16-12-15(3-4-18(16)22-8-1)14-20-17-5-9-23-19(13-17)6-10-21-11-7-19/h3-4,12,17,20H,1-2,5-11,13-14H2/t17-/m0/s1. The van der Waals surface area contributed by atoms with E-state index in [1.165, 1.54) is 11.1 Å². The number of aryl methyl sites for hydroxylation is 1. The largest absolute Gasteiger partial charge is 0.493 e. The van der Waals surface area contributed by atoms with Crippen LogP contribution in [0.25, 0.3) is 0 Å². The lowest BCUT2D eigenvalue weighted by molar-refractivity contribution is -0.140. The first-order valence-corrected chi connectivity index (χ1v) is 9.03. The van der Waals surface area contributed by atoms with E-state index in [-0.39, 0.29) is 5.60 Å². The van der Waals surface area contributed by atoms with Gasteiger partial charge in [-0.3, -0.25) is 0 Å². The Labute approximate surface area is 138 Å². The van der Waals surface area contributed by atoms with Crippen LogP contribution < -0.4 is 10.1 Å². The molecule has 0 aliphatic carbocycles. The third-order valence-electron chi connectivity index (χ3n) is 5.46. The highest BCUT2D eigenvalue weighted by atomic mass is 16.5. The molecule has 1 atom stereocenters. The van der Waals surface area contributed by atoms with Crippen molar-refractivity contribution < 1.29 is 14.2 Å². The van der Waals surface area contributed by atoms with Gasteiger partial charge in [0.05, 0.1) is 12.2 Å². The molecule has 2 fully saturated rings. The highest BCUT2D eigenvalue weighted by molar-refractivity contribution is 5.38. The summed E-state index contributed by atoms with van der Waals surface area (Å²) in [6.07, 6.45) is 6.59. The molecule has 0 bridgehead atoms. The Morgan fingerprint density at radius 3 is 2.96 bits per heavy atom. The van der Waals surface area contributed by atoms with Crippen LogP contribution in [0.4, 0.5) is 0 Å². The Morgan fingerprint density at radius 1 is 1.13 bits per heavy atom. The summed E-state index contributed by atoms with van der Waals surface area (Å²) in [6.45, 7) is 4.35. The predicted octanol–water partition coefficient (Wildman–Crippen LogP) is 2.83. The van der Waals surface area contributed by atoms with E-state index in [1.807, 2.05) is 0 Å². The summed E-state index contributed by atoms with van der Waals surface area (Å²) in [7, 11) is 0. The molecule has 0 aromatic heterocycles. The Kier molecular flexibility index (Phi) is 4.56. The second kappa shape index (κ2) is 6.80. The lowest BCUT2D eigenvalue weighted by atomic mass is 9.84. The van der Waals surface area contributed by atoms with Crippen molar-refractivity contribution in [1.82, 2.24) is 5.32 Å². The predicted molar refractivity (Wildman–Crippen MR) is 88.9 cm³/mol. The SMILES string of the molecule is c1cc2c(cc1CN[C@H]1CCOC3(CCOCC3)C1)CCCO2. The van der Waals surface area contributed by atoms with Crippen LogP contribution in [0.3, 0.4) is 0 Å². The summed E-state index contributed by atoms with van der Waals surface area (Å²) in [5, 5.41) is 3.75. The molecule has 4 rings (SSSR count). The number of benzene rings is 1. The van der Waals surface area contributed by atoms with Crippen LogP contribution in [-0.4, -0.2) is 38.1 Å². The van der Waals surface area contributed by atoms with E-state index in [4.69, 9.17) is 14.2 Å². The molecule has 0 saturated carbocycles. The first kappa shape index (κ1) is 15.4. The van der Waals surface area contributed by atoms with E-state index < -0.39 is 0 Å². The molecular formula is C19H27NO3. The summed E-state index contributed by atoms with van der Waals surface area (Å²) in [6, 6.07) is 7.19. The highest BCUT2D eigenvalue weighted by Crippen LogP contribution is 2.34. The zero-order valence-corrected chi connectivity index (χ0v) is 13.8. The third-order valence-corrected chi connectivity index (χ3v) is 5.46. The lowest BCUT2D eigenvalue weighted by Gasteiger charge is -2.43. The minimum atomic E-state index is 0.0673. The minimum Gasteiger partial charge on any atom is -0.493 e. The van der Waals surface area contributed by atoms with Crippen molar-refractivity contribution >= 4 is 0 Å². The van der Waals surface area contributed by atoms with Crippen molar-refractivity contribution in [3.8, 4) is 5.75 Å². The second-order valence-electron chi connectivity index (χ2n) is 7.11. The van der Waals surface area contributed by atoms with Crippen LogP contribution in [-0.2, 0) is 22.4 Å². The third kappa shape index (κ3) is 3.54. The minimum absolute atomic E-state index is 0.0673. The normalized spacial score (nSPS) is 26.5. The van der Waals surface area contributed by atoms with Crippen LogP contribution in [0.5, 0.6) is 5.75 Å². The molecule has 1 aromatic rings. The molecule has 1 N–H and O–H groups in total. The molecule has 3 heterocycles. The number of hydrogen-bond donors (Lipinski definition) is 1. The monoisotopic (exact) mass is 317 g/mol. The second-order valence-corrected chi connectivity index (χ2v) is 7.11. The maximum Gasteiger partial charge on any atom is 0.122 e. The highest BCUT2D eigenvalue weighted by Gasteiger charge is 2.38. The molecule has 1 spiro atoms. The van der Waals surface area contributed by atoms with E-state index in [2.05, 4.69) is 23.5 Å². The molecule has 0 unspecified atom stereocenters. The molecule has 4 nitrogen and oxygen atoms in total. The average Bonchev–Trinajstić information content (AvgIpc) is 2.61. The van der Waals surface area contributed by atoms with Gasteiger partial charge < -0.3 is 19.5 Å². The van der Waals surface area contributed by atoms with Crippen LogP contribution in [0, 0.1) is 0 Å². The van der Waals surface area contributed by atoms with Crippen LogP contribution in [0.2, 0.25) is 0 Å². The number of nitrogens with one attached hydrogen (secondary N) is 1. The fraction of sp³-hybridized carbons (Fsp3) is 0.684. The first-order valence-electron chi connectivity index (χ1n) is 9.03. The van der Waals surface area contributed by atoms with Crippen LogP contribution in [0.1, 0.15) is 43.2 Å². The van der Waals surface area contributed by atoms with Crippen LogP contribution in [0.15, 0.2) is 18.2 Å². The zero-order valence-electron chi connectivity index (χ0n) is 13.8. The topological polar surface area (TPSA) is 39.7 Å². The molecule has 23 heavy (non-hydrogen) atoms. The summed E-state index contributed by atoms with van der Waals surface area (Å²) < 4.78 is 17.3. The van der Waals surface area contributed by atoms with E-state index in [0.717, 1.165) is 77.2 Å². The Bertz CT molecular complexity index is 534. The van der Waals surface area contributed by atoms with Crippen molar-refractivity contribution in [1.29, 1.82) is 0 Å². The Balaban J connectivity index is 1.35. The maximum atomic E-state index is 6.13. The van der Waals surface area contributed by atoms with E-state index in [0.29, 0.717) is 6.04 Å². The molecule has 3 aliphatic heterocycles. The quantitative estimate of drug-likeness (QED) is 0.930. The summed E-state index contributed by atoms with van der Waals surface area (Å²) in [4.78, 5) is 0. The van der Waals surface area contributed by atoms with Crippen molar-refractivity contribution in [3.63, 3.8) is 0 Å². The number of ether oxygens (including phenoxy) is 3. The molecule has 126 valence electrons. The number of rotatable bonds is 3. The summed E-state index contributed by atoms with van der Waals surface area (Å²) in [5.41, 5.74) is 2.79. The molecule has 3 aliphatic rings. The Hall–Kier alpha value is -1.10. The fourth-order valence-electron chi connectivity index (χ4n) is 4.08. The number of fused-ring (bicyclic) bond motifs is 1. The molecule has 1 aromatic carbocycles. The van der Waals surface area contributed by atoms with Gasteiger partial charge in [0.1, 0.15) is 5.75 Å². The van der Waals surface area contributed by atoms with Crippen molar-refractivity contribution in [2.75, 3.05) is 26.4 Å². The lowest BCUT2D eigenvalue weighted by Crippen LogP contribution is -2.49. The van der Waals surface area contributed by atoms with Gasteiger partial charge in [0.25, 0.3) is 0 Å². The van der Waals surface area contributed by atoms with Gasteiger partial charge in [-0.05, 0) is 55.7 Å². The van der Waals surface area contributed by atoms with E-state index >= 15 is 0 Å². The van der Waals surface area contributed by atoms with Crippen LogP contribution >= 0.6 is 0 Å². The van der Waals surface area contributed by atoms with Gasteiger partial charge in [-0.1, -0.05) is 12.1 Å². The summed E-state index contributed by atoms with van der Waals surface area (Å²) >= 11 is 0. The van der Waals surface area contributed by atoms with Gasteiger partial charge in [-0.2, -0.15) is 0 Å². The van der Waals surface area contributed by atoms with Gasteiger partial charge in [-0.15, -0.1) is 0 Å². The van der Waals surface area contributed by atoms with E-state index in [9.17, 15) is 0 Å². The molecular weight excluding hydrogens is 290 g/mol. The van der Waals surface area contributed by atoms with Gasteiger partial charge >= 0.3 is 0 Å². The van der Waals surface area contributed by atoms with Gasteiger partial charge in [0.15, 0.2) is 0 Å². The molecule has 4 heteroatoms. The van der Waals surface area contributed by atoms with Gasteiger partial charge in [-0.25, -0.2) is 0 Å². The molecule has 0 amide bonds. The van der Waals surface area contributed by atoms with E-state index in [1.54, 1.807) is 0 Å². The first-order chi connectivity index (χ1) is 11.3. The molecule has 2 saturated heterocycles. The fourth-order valence-corrected chi connectivity index (χ4v) is 4.08. The number of hydrogen-bond acceptors (Lipinski definition) is 4. The smallest absolute Gasteiger partial charge is 0.122 e. The maximum absolute atomic E-state index is 6.13. The average molecular weight is 317 g/mol. The van der Waals surface area contributed by atoms with Crippen molar-refractivity contribution in [2.45, 2.75) is 56.7 Å². The molecule has 0 radical (unpaired) electrons. The van der Waals surface area contributed by atoms with Crippen molar-refractivity contribution in [2.24, 2.45) is 0 Å². The Morgan fingerprint density at radius 2 is 2.04 bits per heavy atom. The van der Waals surface area contributed by atoms with Gasteiger partial charge in [0, 0.05) is 32.4 Å².